The third kappa shape index (κ3) is 2.21. The Labute approximate surface area is 110 Å². The molecular weight excluding hydrogens is 246 g/mol. The topological polar surface area (TPSA) is 27.1 Å². The van der Waals surface area contributed by atoms with Gasteiger partial charge in [0.1, 0.15) is 23.2 Å². The van der Waals surface area contributed by atoms with Crippen molar-refractivity contribution in [1.29, 1.82) is 5.41 Å². The summed E-state index contributed by atoms with van der Waals surface area (Å²) in [6.45, 7) is 5.09. The zero-order valence-corrected chi connectivity index (χ0v) is 10.6. The number of benzene rings is 1. The van der Waals surface area contributed by atoms with Crippen molar-refractivity contribution in [3.8, 4) is 0 Å². The minimum Gasteiger partial charge on any atom is -0.317 e. The van der Waals surface area contributed by atoms with Crippen LogP contribution in [0.15, 0.2) is 60.3 Å². The molecule has 1 aromatic rings. The average Bonchev–Trinajstić information content (AvgIpc) is 2.76. The lowest BCUT2D eigenvalue weighted by atomic mass is 10.1. The molecule has 0 unspecified atom stereocenters. The molecule has 4 heteroatoms. The van der Waals surface area contributed by atoms with E-state index in [1.165, 1.54) is 17.9 Å². The van der Waals surface area contributed by atoms with Crippen LogP contribution >= 0.6 is 0 Å². The van der Waals surface area contributed by atoms with Gasteiger partial charge in [-0.05, 0) is 24.6 Å². The molecule has 2 rings (SSSR count). The first kappa shape index (κ1) is 13.2. The van der Waals surface area contributed by atoms with Gasteiger partial charge in [-0.1, -0.05) is 30.8 Å². The third-order valence-corrected chi connectivity index (χ3v) is 3.03. The monoisotopic (exact) mass is 260 g/mol. The zero-order valence-electron chi connectivity index (χ0n) is 10.6. The van der Waals surface area contributed by atoms with Crippen LogP contribution in [0.4, 0.5) is 8.78 Å². The number of nitrogens with zero attached hydrogens (tertiary/aromatic N) is 1. The first-order valence-corrected chi connectivity index (χ1v) is 5.89. The quantitative estimate of drug-likeness (QED) is 0.815. The summed E-state index contributed by atoms with van der Waals surface area (Å²) in [6.07, 6.45) is 2.13. The predicted octanol–water partition coefficient (Wildman–Crippen LogP) is 4.07. The molecule has 1 aliphatic rings. The predicted molar refractivity (Wildman–Crippen MR) is 72.0 cm³/mol. The van der Waals surface area contributed by atoms with Crippen LogP contribution in [0.5, 0.6) is 0 Å². The van der Waals surface area contributed by atoms with Gasteiger partial charge >= 0.3 is 0 Å². The summed E-state index contributed by atoms with van der Waals surface area (Å²) in [5.74, 6) is -1.37. The minimum atomic E-state index is -0.770. The van der Waals surface area contributed by atoms with Crippen LogP contribution in [0, 0.1) is 5.41 Å². The fraction of sp³-hybridized carbons (Fsp3) is 0.133. The number of nitrogens with one attached hydrogen (secondary N) is 1. The molecule has 98 valence electrons. The Morgan fingerprint density at radius 3 is 2.63 bits per heavy atom. The second kappa shape index (κ2) is 5.18. The van der Waals surface area contributed by atoms with Crippen LogP contribution in [0.2, 0.25) is 0 Å². The molecule has 0 bridgehead atoms. The van der Waals surface area contributed by atoms with Crippen LogP contribution in [-0.4, -0.2) is 10.7 Å². The summed E-state index contributed by atoms with van der Waals surface area (Å²) in [5.41, 5.74) is 1.34. The van der Waals surface area contributed by atoms with E-state index in [1.807, 2.05) is 12.1 Å². The summed E-state index contributed by atoms with van der Waals surface area (Å²) in [6, 6.07) is 7.26. The molecule has 1 aliphatic heterocycles. The van der Waals surface area contributed by atoms with E-state index in [4.69, 9.17) is 5.41 Å². The van der Waals surface area contributed by atoms with Crippen molar-refractivity contribution >= 4 is 5.84 Å². The van der Waals surface area contributed by atoms with Crippen molar-refractivity contribution in [2.24, 2.45) is 0 Å². The second-order valence-corrected chi connectivity index (χ2v) is 4.13. The summed E-state index contributed by atoms with van der Waals surface area (Å²) in [5, 5.41) is 8.05. The van der Waals surface area contributed by atoms with E-state index in [0.717, 1.165) is 11.6 Å². The highest BCUT2D eigenvalue weighted by atomic mass is 19.1. The van der Waals surface area contributed by atoms with Gasteiger partial charge in [0.2, 0.25) is 0 Å². The third-order valence-electron chi connectivity index (χ3n) is 3.03. The molecule has 0 aromatic heterocycles. The molecule has 1 heterocycles. The number of hydrogen-bond donors (Lipinski definition) is 1. The van der Waals surface area contributed by atoms with Crippen LogP contribution in [-0.2, 0) is 6.54 Å². The Balaban J connectivity index is 2.49. The maximum atomic E-state index is 13.9. The van der Waals surface area contributed by atoms with E-state index in [9.17, 15) is 8.78 Å². The van der Waals surface area contributed by atoms with Crippen molar-refractivity contribution in [1.82, 2.24) is 4.90 Å². The lowest BCUT2D eigenvalue weighted by Crippen LogP contribution is -2.24. The van der Waals surface area contributed by atoms with E-state index in [2.05, 4.69) is 6.58 Å². The number of halogens is 2. The zero-order chi connectivity index (χ0) is 14.0. The molecule has 0 fully saturated rings. The Kier molecular flexibility index (Phi) is 3.60. The first-order valence-electron chi connectivity index (χ1n) is 5.89. The molecule has 19 heavy (non-hydrogen) atoms. The normalized spacial score (nSPS) is 16.3. The highest BCUT2D eigenvalue weighted by Crippen LogP contribution is 2.31. The molecule has 2 nitrogen and oxygen atoms in total. The van der Waals surface area contributed by atoms with Crippen LogP contribution in [0.1, 0.15) is 18.1 Å². The molecule has 0 amide bonds. The van der Waals surface area contributed by atoms with Crippen LogP contribution in [0.3, 0.4) is 0 Å². The fourth-order valence-corrected chi connectivity index (χ4v) is 2.08. The average molecular weight is 260 g/mol. The van der Waals surface area contributed by atoms with E-state index < -0.39 is 11.7 Å². The summed E-state index contributed by atoms with van der Waals surface area (Å²) >= 11 is 0. The molecule has 0 saturated heterocycles. The number of fused-ring (bicyclic) bond motifs is 1. The van der Waals surface area contributed by atoms with Crippen molar-refractivity contribution in [2.45, 2.75) is 13.5 Å². The van der Waals surface area contributed by atoms with Gasteiger partial charge in [-0.2, -0.15) is 0 Å². The Bertz CT molecular complexity index is 600. The molecular formula is C15H14F2N2. The first-order chi connectivity index (χ1) is 9.10. The standard InChI is InChI=1S/C15H14F2N2/c1-3-12(16)14(13(17)4-2)19-9-10-7-5-6-8-11(10)15(19)18/h3-8,18H,1,9H2,2H3/b13-4+,14-12-,18-15?. The Morgan fingerprint density at radius 1 is 1.37 bits per heavy atom. The molecule has 0 saturated carbocycles. The lowest BCUT2D eigenvalue weighted by Gasteiger charge is -2.20. The largest absolute Gasteiger partial charge is 0.317 e. The smallest absolute Gasteiger partial charge is 0.149 e. The van der Waals surface area contributed by atoms with E-state index in [0.29, 0.717) is 5.56 Å². The molecule has 0 atom stereocenters. The SMILES string of the molecule is C=C/C(F)=C(\C(F)=C/C)N1Cc2ccccc2C1=N. The summed E-state index contributed by atoms with van der Waals surface area (Å²) in [4.78, 5) is 1.32. The van der Waals surface area contributed by atoms with Crippen molar-refractivity contribution < 1.29 is 8.78 Å². The van der Waals surface area contributed by atoms with Crippen molar-refractivity contribution in [2.75, 3.05) is 0 Å². The second-order valence-electron chi connectivity index (χ2n) is 4.13. The number of hydrogen-bond acceptors (Lipinski definition) is 1. The van der Waals surface area contributed by atoms with Gasteiger partial charge in [0.25, 0.3) is 0 Å². The van der Waals surface area contributed by atoms with E-state index >= 15 is 0 Å². The van der Waals surface area contributed by atoms with Crippen LogP contribution < -0.4 is 0 Å². The van der Waals surface area contributed by atoms with E-state index in [-0.39, 0.29) is 18.1 Å². The van der Waals surface area contributed by atoms with Gasteiger partial charge in [0.05, 0.1) is 6.54 Å². The fourth-order valence-electron chi connectivity index (χ4n) is 2.08. The molecule has 0 spiro atoms. The highest BCUT2D eigenvalue weighted by Gasteiger charge is 2.29. The van der Waals surface area contributed by atoms with Gasteiger partial charge in [-0.15, -0.1) is 0 Å². The minimum absolute atomic E-state index is 0.0969. The van der Waals surface area contributed by atoms with E-state index in [1.54, 1.807) is 12.1 Å². The molecule has 0 radical (unpaired) electrons. The van der Waals surface area contributed by atoms with Crippen molar-refractivity contribution in [3.63, 3.8) is 0 Å². The van der Waals surface area contributed by atoms with Gasteiger partial charge < -0.3 is 4.90 Å². The Morgan fingerprint density at radius 2 is 2.05 bits per heavy atom. The van der Waals surface area contributed by atoms with Gasteiger partial charge in [0.15, 0.2) is 0 Å². The number of amidine groups is 1. The van der Waals surface area contributed by atoms with Gasteiger partial charge in [-0.25, -0.2) is 8.78 Å². The van der Waals surface area contributed by atoms with Crippen LogP contribution in [0.25, 0.3) is 0 Å². The number of allylic oxidation sites excluding steroid dienone is 4. The number of rotatable bonds is 3. The maximum Gasteiger partial charge on any atom is 0.149 e. The summed E-state index contributed by atoms with van der Waals surface area (Å²) in [7, 11) is 0. The maximum absolute atomic E-state index is 13.9. The Hall–Kier alpha value is -2.23. The summed E-state index contributed by atoms with van der Waals surface area (Å²) < 4.78 is 27.7. The molecule has 1 N–H and O–H groups in total. The lowest BCUT2D eigenvalue weighted by molar-refractivity contribution is 0.461. The van der Waals surface area contributed by atoms with Gasteiger partial charge in [-0.3, -0.25) is 5.41 Å². The highest BCUT2D eigenvalue weighted by molar-refractivity contribution is 6.01. The molecule has 0 aliphatic carbocycles. The molecule has 1 aromatic carbocycles. The van der Waals surface area contributed by atoms with Gasteiger partial charge in [0, 0.05) is 5.56 Å². The van der Waals surface area contributed by atoms with Crippen molar-refractivity contribution in [3.05, 3.63) is 71.5 Å².